The Bertz CT molecular complexity index is 554. The Hall–Kier alpha value is -0.510. The fraction of sp³-hybridized carbons (Fsp3) is 0.714. The summed E-state index contributed by atoms with van der Waals surface area (Å²) < 4.78 is 5.62. The topological polar surface area (TPSA) is 12.5 Å². The summed E-state index contributed by atoms with van der Waals surface area (Å²) in [6.07, 6.45) is 4.28. The lowest BCUT2D eigenvalue weighted by Crippen LogP contribution is -2.53. The van der Waals surface area contributed by atoms with Gasteiger partial charge >= 0.3 is 0 Å². The third-order valence-corrected chi connectivity index (χ3v) is 8.60. The molecular weight excluding hydrogens is 314 g/mol. The van der Waals surface area contributed by atoms with Gasteiger partial charge in [-0.05, 0) is 36.2 Å². The molecule has 0 N–H and O–H groups in total. The van der Waals surface area contributed by atoms with Crippen molar-refractivity contribution in [1.29, 1.82) is 0 Å². The molecule has 2 bridgehead atoms. The van der Waals surface area contributed by atoms with Gasteiger partial charge in [-0.25, -0.2) is 0 Å². The molecular formula is C21H31NOS. The molecule has 3 heteroatoms. The maximum absolute atomic E-state index is 5.62. The van der Waals surface area contributed by atoms with Crippen LogP contribution in [0.5, 0.6) is 0 Å². The average molecular weight is 346 g/mol. The van der Waals surface area contributed by atoms with Gasteiger partial charge in [-0.3, -0.25) is 4.90 Å². The Morgan fingerprint density at radius 3 is 2.62 bits per heavy atom. The molecule has 3 aliphatic rings. The Kier molecular flexibility index (Phi) is 4.70. The van der Waals surface area contributed by atoms with E-state index in [0.717, 1.165) is 44.0 Å². The van der Waals surface area contributed by atoms with Crippen LogP contribution in [0.2, 0.25) is 0 Å². The molecule has 2 nitrogen and oxygen atoms in total. The second kappa shape index (κ2) is 6.66. The highest BCUT2D eigenvalue weighted by Gasteiger charge is 2.64. The summed E-state index contributed by atoms with van der Waals surface area (Å²) >= 11 is 2.17. The molecule has 4 rings (SSSR count). The minimum absolute atomic E-state index is 0.486. The van der Waals surface area contributed by atoms with Gasteiger partial charge in [-0.1, -0.05) is 44.2 Å². The van der Waals surface area contributed by atoms with Gasteiger partial charge in [-0.15, -0.1) is 0 Å². The summed E-state index contributed by atoms with van der Waals surface area (Å²) in [6, 6.07) is 11.7. The lowest BCUT2D eigenvalue weighted by Gasteiger charge is -2.48. The van der Waals surface area contributed by atoms with Gasteiger partial charge in [0, 0.05) is 36.1 Å². The van der Waals surface area contributed by atoms with Crippen molar-refractivity contribution in [3.8, 4) is 0 Å². The standard InChI is InChI=1S/C21H31NOS/c1-20(2)18-8-9-21(20,16-24-15-17-6-4-3-5-7-17)19(14-18)22-10-12-23-13-11-22/h3-7,18-19H,8-16H2,1-2H3/t18-,19-,21-/m1/s1. The molecule has 2 saturated carbocycles. The zero-order valence-corrected chi connectivity index (χ0v) is 16.0. The highest BCUT2D eigenvalue weighted by molar-refractivity contribution is 7.98. The first-order valence-corrected chi connectivity index (χ1v) is 10.7. The Morgan fingerprint density at radius 2 is 1.92 bits per heavy atom. The van der Waals surface area contributed by atoms with E-state index < -0.39 is 0 Å². The molecule has 1 saturated heterocycles. The van der Waals surface area contributed by atoms with E-state index in [0.29, 0.717) is 10.8 Å². The summed E-state index contributed by atoms with van der Waals surface area (Å²) in [5, 5.41) is 0. The van der Waals surface area contributed by atoms with E-state index in [1.165, 1.54) is 30.6 Å². The monoisotopic (exact) mass is 345 g/mol. The van der Waals surface area contributed by atoms with E-state index >= 15 is 0 Å². The maximum Gasteiger partial charge on any atom is 0.0594 e. The highest BCUT2D eigenvalue weighted by atomic mass is 32.2. The number of hydrogen-bond donors (Lipinski definition) is 0. The average Bonchev–Trinajstić information content (AvgIpc) is 2.99. The van der Waals surface area contributed by atoms with Crippen molar-refractivity contribution in [3.05, 3.63) is 35.9 Å². The Morgan fingerprint density at radius 1 is 1.17 bits per heavy atom. The molecule has 0 aromatic heterocycles. The minimum atomic E-state index is 0.486. The molecule has 24 heavy (non-hydrogen) atoms. The first-order chi connectivity index (χ1) is 11.6. The number of thioether (sulfide) groups is 1. The normalized spacial score (nSPS) is 35.4. The molecule has 1 heterocycles. The molecule has 1 aliphatic heterocycles. The van der Waals surface area contributed by atoms with E-state index in [1.54, 1.807) is 0 Å². The molecule has 0 spiro atoms. The predicted octanol–water partition coefficient (Wildman–Crippen LogP) is 4.45. The van der Waals surface area contributed by atoms with E-state index in [1.807, 2.05) is 0 Å². The summed E-state index contributed by atoms with van der Waals surface area (Å²) in [7, 11) is 0. The van der Waals surface area contributed by atoms with Crippen LogP contribution in [-0.4, -0.2) is 43.0 Å². The van der Waals surface area contributed by atoms with Crippen molar-refractivity contribution in [3.63, 3.8) is 0 Å². The third kappa shape index (κ3) is 2.73. The van der Waals surface area contributed by atoms with Crippen molar-refractivity contribution >= 4 is 11.8 Å². The van der Waals surface area contributed by atoms with E-state index in [4.69, 9.17) is 4.74 Å². The maximum atomic E-state index is 5.62. The summed E-state index contributed by atoms with van der Waals surface area (Å²) in [5.74, 6) is 3.38. The van der Waals surface area contributed by atoms with Crippen molar-refractivity contribution in [1.82, 2.24) is 4.90 Å². The summed E-state index contributed by atoms with van der Waals surface area (Å²) in [6.45, 7) is 9.25. The quantitative estimate of drug-likeness (QED) is 0.782. The first-order valence-electron chi connectivity index (χ1n) is 9.57. The number of fused-ring (bicyclic) bond motifs is 2. The van der Waals surface area contributed by atoms with Crippen LogP contribution in [-0.2, 0) is 10.5 Å². The van der Waals surface area contributed by atoms with Crippen LogP contribution < -0.4 is 0 Å². The van der Waals surface area contributed by atoms with Crippen molar-refractivity contribution in [2.45, 2.75) is 44.9 Å². The smallest absolute Gasteiger partial charge is 0.0594 e. The second-order valence-electron chi connectivity index (χ2n) is 8.49. The molecule has 1 aromatic carbocycles. The molecule has 132 valence electrons. The fourth-order valence-electron chi connectivity index (χ4n) is 5.69. The van der Waals surface area contributed by atoms with Crippen molar-refractivity contribution in [2.75, 3.05) is 32.1 Å². The zero-order valence-electron chi connectivity index (χ0n) is 15.2. The van der Waals surface area contributed by atoms with E-state index in [2.05, 4.69) is 60.8 Å². The van der Waals surface area contributed by atoms with E-state index in [9.17, 15) is 0 Å². The molecule has 0 unspecified atom stereocenters. The van der Waals surface area contributed by atoms with Gasteiger partial charge in [0.2, 0.25) is 0 Å². The molecule has 3 atom stereocenters. The van der Waals surface area contributed by atoms with Crippen LogP contribution in [0.1, 0.15) is 38.7 Å². The number of nitrogens with zero attached hydrogens (tertiary/aromatic N) is 1. The van der Waals surface area contributed by atoms with Crippen LogP contribution >= 0.6 is 11.8 Å². The molecule has 0 radical (unpaired) electrons. The number of morpholine rings is 1. The van der Waals surface area contributed by atoms with Gasteiger partial charge in [0.25, 0.3) is 0 Å². The second-order valence-corrected chi connectivity index (χ2v) is 9.48. The number of rotatable bonds is 5. The zero-order chi connectivity index (χ0) is 16.6. The molecule has 0 amide bonds. The van der Waals surface area contributed by atoms with Gasteiger partial charge in [0.1, 0.15) is 0 Å². The number of hydrogen-bond acceptors (Lipinski definition) is 3. The largest absolute Gasteiger partial charge is 0.379 e. The third-order valence-electron chi connectivity index (χ3n) is 7.35. The minimum Gasteiger partial charge on any atom is -0.379 e. The van der Waals surface area contributed by atoms with Crippen LogP contribution in [0.4, 0.5) is 0 Å². The Labute approximate surface area is 151 Å². The van der Waals surface area contributed by atoms with Crippen LogP contribution in [0.3, 0.4) is 0 Å². The van der Waals surface area contributed by atoms with Crippen molar-refractivity contribution in [2.24, 2.45) is 16.7 Å². The van der Waals surface area contributed by atoms with Crippen LogP contribution in [0.25, 0.3) is 0 Å². The number of benzene rings is 1. The van der Waals surface area contributed by atoms with Gasteiger partial charge < -0.3 is 4.74 Å². The van der Waals surface area contributed by atoms with Gasteiger partial charge in [-0.2, -0.15) is 11.8 Å². The number of ether oxygens (including phenoxy) is 1. The van der Waals surface area contributed by atoms with E-state index in [-0.39, 0.29) is 0 Å². The lowest BCUT2D eigenvalue weighted by molar-refractivity contribution is -0.0251. The van der Waals surface area contributed by atoms with Crippen molar-refractivity contribution < 1.29 is 4.74 Å². The van der Waals surface area contributed by atoms with Crippen LogP contribution in [0.15, 0.2) is 30.3 Å². The summed E-state index contributed by atoms with van der Waals surface area (Å²) in [5.41, 5.74) is 2.45. The summed E-state index contributed by atoms with van der Waals surface area (Å²) in [4.78, 5) is 2.77. The predicted molar refractivity (Wildman–Crippen MR) is 102 cm³/mol. The first kappa shape index (κ1) is 16.9. The molecule has 1 aromatic rings. The van der Waals surface area contributed by atoms with Crippen LogP contribution in [0, 0.1) is 16.7 Å². The van der Waals surface area contributed by atoms with Gasteiger partial charge in [0.05, 0.1) is 13.2 Å². The highest BCUT2D eigenvalue weighted by Crippen LogP contribution is 2.67. The molecule has 2 aliphatic carbocycles. The Balaban J connectivity index is 1.49. The SMILES string of the molecule is CC1(C)[C@@H]2CC[C@@]1(CSCc1ccccc1)[C@H](N1CCOCC1)C2. The lowest BCUT2D eigenvalue weighted by atomic mass is 9.68. The molecule has 3 fully saturated rings. The van der Waals surface area contributed by atoms with Gasteiger partial charge in [0.15, 0.2) is 0 Å². The fourth-order valence-corrected chi connectivity index (χ4v) is 7.30.